The van der Waals surface area contributed by atoms with Crippen LogP contribution >= 0.6 is 0 Å². The minimum absolute atomic E-state index is 0.200. The van der Waals surface area contributed by atoms with Gasteiger partial charge in [-0.2, -0.15) is 8.78 Å². The minimum atomic E-state index is -3.81. The lowest BCUT2D eigenvalue weighted by atomic mass is 9.94. The Labute approximate surface area is 92.9 Å². The van der Waals surface area contributed by atoms with Crippen LogP contribution in [-0.2, 0) is 17.1 Å². The van der Waals surface area contributed by atoms with Crippen LogP contribution in [0, 0.1) is 5.92 Å². The summed E-state index contributed by atoms with van der Waals surface area (Å²) in [5.74, 6) is -5.72. The molecule has 1 aromatic rings. The summed E-state index contributed by atoms with van der Waals surface area (Å²) in [4.78, 5) is 10.5. The predicted octanol–water partition coefficient (Wildman–Crippen LogP) is 3.06. The lowest BCUT2D eigenvalue weighted by Gasteiger charge is -2.17. The summed E-state index contributed by atoms with van der Waals surface area (Å²) in [5, 5.41) is 8.50. The average Bonchev–Trinajstić information content (AvgIpc) is 2.17. The summed E-state index contributed by atoms with van der Waals surface area (Å²) in [7, 11) is 0. The normalized spacial score (nSPS) is 11.8. The van der Waals surface area contributed by atoms with Gasteiger partial charge in [0.2, 0.25) is 0 Å². The van der Waals surface area contributed by atoms with Gasteiger partial charge in [0.05, 0.1) is 0 Å². The van der Waals surface area contributed by atoms with Gasteiger partial charge >= 0.3 is 11.9 Å². The van der Waals surface area contributed by atoms with Crippen LogP contribution in [0.5, 0.6) is 0 Å². The monoisotopic (exact) mass is 228 g/mol. The second-order valence-electron chi connectivity index (χ2n) is 4.13. The van der Waals surface area contributed by atoms with Gasteiger partial charge in [0.15, 0.2) is 0 Å². The fourth-order valence-corrected chi connectivity index (χ4v) is 1.56. The molecule has 0 amide bonds. The zero-order valence-electron chi connectivity index (χ0n) is 9.21. The highest BCUT2D eigenvalue weighted by molar-refractivity contribution is 5.77. The fourth-order valence-electron chi connectivity index (χ4n) is 1.56. The molecule has 0 saturated heterocycles. The molecule has 0 fully saturated rings. The van der Waals surface area contributed by atoms with Crippen LogP contribution in [0.4, 0.5) is 8.78 Å². The van der Waals surface area contributed by atoms with Crippen LogP contribution in [0.3, 0.4) is 0 Å². The number of carboxylic acids is 1. The van der Waals surface area contributed by atoms with E-state index < -0.39 is 17.5 Å². The van der Waals surface area contributed by atoms with Gasteiger partial charge < -0.3 is 5.11 Å². The molecular formula is C12H14F2O2. The Morgan fingerprint density at radius 1 is 1.38 bits per heavy atom. The average molecular weight is 228 g/mol. The first kappa shape index (κ1) is 12.6. The SMILES string of the molecule is CC(C)Cc1ccccc1C(F)(F)C(=O)O. The quantitative estimate of drug-likeness (QED) is 0.859. The van der Waals surface area contributed by atoms with Crippen LogP contribution in [-0.4, -0.2) is 11.1 Å². The molecule has 0 aromatic heterocycles. The van der Waals surface area contributed by atoms with Gasteiger partial charge in [-0.1, -0.05) is 38.1 Å². The van der Waals surface area contributed by atoms with Crippen molar-refractivity contribution in [3.8, 4) is 0 Å². The molecule has 0 radical (unpaired) electrons. The summed E-state index contributed by atoms with van der Waals surface area (Å²) >= 11 is 0. The molecule has 0 atom stereocenters. The molecule has 4 heteroatoms. The van der Waals surface area contributed by atoms with E-state index >= 15 is 0 Å². The van der Waals surface area contributed by atoms with Crippen molar-refractivity contribution in [3.05, 3.63) is 35.4 Å². The number of carboxylic acid groups (broad SMARTS) is 1. The highest BCUT2D eigenvalue weighted by atomic mass is 19.3. The van der Waals surface area contributed by atoms with E-state index in [2.05, 4.69) is 0 Å². The third-order valence-corrected chi connectivity index (χ3v) is 2.25. The maximum absolute atomic E-state index is 13.4. The number of benzene rings is 1. The van der Waals surface area contributed by atoms with Gasteiger partial charge in [0.25, 0.3) is 0 Å². The molecule has 0 unspecified atom stereocenters. The predicted molar refractivity (Wildman–Crippen MR) is 56.5 cm³/mol. The summed E-state index contributed by atoms with van der Waals surface area (Å²) in [5.41, 5.74) is -0.0129. The molecule has 2 nitrogen and oxygen atoms in total. The number of hydrogen-bond donors (Lipinski definition) is 1. The van der Waals surface area contributed by atoms with Crippen LogP contribution in [0.15, 0.2) is 24.3 Å². The van der Waals surface area contributed by atoms with Crippen LogP contribution in [0.1, 0.15) is 25.0 Å². The standard InChI is InChI=1S/C12H14F2O2/c1-8(2)7-9-5-3-4-6-10(9)12(13,14)11(15)16/h3-6,8H,7H2,1-2H3,(H,15,16). The van der Waals surface area contributed by atoms with Crippen LogP contribution in [0.2, 0.25) is 0 Å². The number of halogens is 2. The number of alkyl halides is 2. The smallest absolute Gasteiger partial charge is 0.379 e. The molecule has 0 bridgehead atoms. The van der Waals surface area contributed by atoms with Crippen LogP contribution in [0.25, 0.3) is 0 Å². The third kappa shape index (κ3) is 2.56. The van der Waals surface area contributed by atoms with E-state index in [0.717, 1.165) is 0 Å². The van der Waals surface area contributed by atoms with Gasteiger partial charge in [-0.15, -0.1) is 0 Å². The molecule has 0 heterocycles. The number of rotatable bonds is 4. The van der Waals surface area contributed by atoms with Crippen molar-refractivity contribution in [3.63, 3.8) is 0 Å². The minimum Gasteiger partial charge on any atom is -0.477 e. The van der Waals surface area contributed by atoms with E-state index in [1.807, 2.05) is 13.8 Å². The Kier molecular flexibility index (Phi) is 3.62. The van der Waals surface area contributed by atoms with E-state index in [1.54, 1.807) is 12.1 Å². The van der Waals surface area contributed by atoms with Crippen molar-refractivity contribution in [1.82, 2.24) is 0 Å². The highest BCUT2D eigenvalue weighted by Crippen LogP contribution is 2.31. The van der Waals surface area contributed by atoms with Crippen molar-refractivity contribution >= 4 is 5.97 Å². The van der Waals surface area contributed by atoms with Gasteiger partial charge in [-0.25, -0.2) is 4.79 Å². The van der Waals surface area contributed by atoms with Crippen molar-refractivity contribution in [2.75, 3.05) is 0 Å². The van der Waals surface area contributed by atoms with Gasteiger partial charge in [-0.3, -0.25) is 0 Å². The number of carbonyl (C=O) groups is 1. The molecule has 1 rings (SSSR count). The Hall–Kier alpha value is -1.45. The number of hydrogen-bond acceptors (Lipinski definition) is 1. The molecule has 0 aliphatic rings. The molecule has 1 aromatic carbocycles. The van der Waals surface area contributed by atoms with Crippen molar-refractivity contribution in [1.29, 1.82) is 0 Å². The summed E-state index contributed by atoms with van der Waals surface area (Å²) < 4.78 is 26.8. The zero-order valence-corrected chi connectivity index (χ0v) is 9.21. The third-order valence-electron chi connectivity index (χ3n) is 2.25. The maximum atomic E-state index is 13.4. The molecule has 0 aliphatic carbocycles. The molecule has 0 aliphatic heterocycles. The first-order valence-corrected chi connectivity index (χ1v) is 5.05. The van der Waals surface area contributed by atoms with E-state index in [9.17, 15) is 13.6 Å². The van der Waals surface area contributed by atoms with Gasteiger partial charge in [-0.05, 0) is 17.9 Å². The van der Waals surface area contributed by atoms with E-state index in [1.165, 1.54) is 12.1 Å². The molecule has 88 valence electrons. The van der Waals surface area contributed by atoms with Crippen molar-refractivity contribution < 1.29 is 18.7 Å². The first-order chi connectivity index (χ1) is 7.35. The Bertz CT molecular complexity index is 386. The molecule has 0 spiro atoms. The summed E-state index contributed by atoms with van der Waals surface area (Å²) in [6.07, 6.45) is 0.443. The van der Waals surface area contributed by atoms with Crippen molar-refractivity contribution in [2.24, 2.45) is 5.92 Å². The molecule has 16 heavy (non-hydrogen) atoms. The second kappa shape index (κ2) is 4.60. The highest BCUT2D eigenvalue weighted by Gasteiger charge is 2.42. The Balaban J connectivity index is 3.17. The molecule has 1 N–H and O–H groups in total. The van der Waals surface area contributed by atoms with E-state index in [0.29, 0.717) is 12.0 Å². The fraction of sp³-hybridized carbons (Fsp3) is 0.417. The van der Waals surface area contributed by atoms with E-state index in [4.69, 9.17) is 5.11 Å². The molecular weight excluding hydrogens is 214 g/mol. The Morgan fingerprint density at radius 2 is 1.94 bits per heavy atom. The van der Waals surface area contributed by atoms with Gasteiger partial charge in [0.1, 0.15) is 0 Å². The molecule has 0 saturated carbocycles. The summed E-state index contributed by atoms with van der Waals surface area (Å²) in [6, 6.07) is 5.78. The number of aliphatic carboxylic acids is 1. The maximum Gasteiger partial charge on any atom is 0.379 e. The zero-order chi connectivity index (χ0) is 12.3. The first-order valence-electron chi connectivity index (χ1n) is 5.05. The Morgan fingerprint density at radius 3 is 2.44 bits per heavy atom. The largest absolute Gasteiger partial charge is 0.477 e. The van der Waals surface area contributed by atoms with Crippen LogP contribution < -0.4 is 0 Å². The van der Waals surface area contributed by atoms with Crippen molar-refractivity contribution in [2.45, 2.75) is 26.2 Å². The lowest BCUT2D eigenvalue weighted by Crippen LogP contribution is -2.27. The lowest BCUT2D eigenvalue weighted by molar-refractivity contribution is -0.166. The summed E-state index contributed by atoms with van der Waals surface area (Å²) in [6.45, 7) is 3.80. The van der Waals surface area contributed by atoms with E-state index in [-0.39, 0.29) is 5.92 Å². The second-order valence-corrected chi connectivity index (χ2v) is 4.13. The van der Waals surface area contributed by atoms with Gasteiger partial charge in [0, 0.05) is 5.56 Å². The topological polar surface area (TPSA) is 37.3 Å².